The van der Waals surface area contributed by atoms with E-state index in [2.05, 4.69) is 15.1 Å². The van der Waals surface area contributed by atoms with Crippen LogP contribution in [-0.4, -0.2) is 51.7 Å². The van der Waals surface area contributed by atoms with Gasteiger partial charge in [-0.05, 0) is 18.2 Å². The summed E-state index contributed by atoms with van der Waals surface area (Å²) >= 11 is 12.0. The van der Waals surface area contributed by atoms with Crippen molar-refractivity contribution in [1.29, 1.82) is 5.26 Å². The Kier molecular flexibility index (Phi) is 6.16. The van der Waals surface area contributed by atoms with Gasteiger partial charge >= 0.3 is 0 Å². The van der Waals surface area contributed by atoms with Crippen LogP contribution in [0.25, 0.3) is 11.0 Å². The smallest absolute Gasteiger partial charge is 0.278 e. The zero-order chi connectivity index (χ0) is 20.3. The van der Waals surface area contributed by atoms with E-state index in [9.17, 15) is 10.1 Å². The Bertz CT molecular complexity index is 1100. The van der Waals surface area contributed by atoms with Crippen molar-refractivity contribution in [2.45, 2.75) is 6.54 Å². The number of anilines is 2. The molecular weight excluding hydrogens is 407 g/mol. The topological polar surface area (TPSA) is 120 Å². The average Bonchev–Trinajstić information content (AvgIpc) is 3.05. The predicted octanol–water partition coefficient (Wildman–Crippen LogP) is 2.07. The molecule has 0 radical (unpaired) electrons. The number of hydrogen-bond donors (Lipinski definition) is 2. The second-order valence-electron chi connectivity index (χ2n) is 5.76. The molecule has 0 unspecified atom stereocenters. The van der Waals surface area contributed by atoms with Crippen LogP contribution in [0.15, 0.2) is 23.0 Å². The minimum absolute atomic E-state index is 0.0343. The molecular formula is C17H16Cl2N6O3. The molecule has 0 spiro atoms. The van der Waals surface area contributed by atoms with Gasteiger partial charge in [0.15, 0.2) is 11.2 Å². The highest BCUT2D eigenvalue weighted by Gasteiger charge is 2.18. The number of ether oxygens (including phenoxy) is 1. The number of hydrogen-bond acceptors (Lipinski definition) is 7. The first-order valence-electron chi connectivity index (χ1n) is 8.24. The number of halogens is 2. The molecule has 11 heteroatoms. The number of aromatic nitrogens is 4. The molecule has 0 atom stereocenters. The van der Waals surface area contributed by atoms with Crippen LogP contribution in [0.2, 0.25) is 10.0 Å². The maximum Gasteiger partial charge on any atom is 0.278 e. The van der Waals surface area contributed by atoms with E-state index in [1.165, 1.54) is 4.68 Å². The first kappa shape index (κ1) is 20.1. The number of fused-ring (bicyclic) bond motifs is 1. The lowest BCUT2D eigenvalue weighted by Crippen LogP contribution is -2.21. The fourth-order valence-electron chi connectivity index (χ4n) is 2.61. The van der Waals surface area contributed by atoms with Crippen LogP contribution in [0.5, 0.6) is 0 Å². The van der Waals surface area contributed by atoms with Crippen molar-refractivity contribution >= 4 is 45.9 Å². The van der Waals surface area contributed by atoms with Crippen LogP contribution >= 0.6 is 23.2 Å². The second-order valence-corrected chi connectivity index (χ2v) is 6.58. The molecule has 9 nitrogen and oxygen atoms in total. The molecule has 2 N–H and O–H groups in total. The van der Waals surface area contributed by atoms with Gasteiger partial charge in [0.25, 0.3) is 5.56 Å². The standard InChI is InChI=1S/C17H16Cl2N6O3/c1-24(10-2-3-11(18)12(19)8-10)17-21-14-13(9-20)23-25(4-6-28-7-5-26)15(14)16(27)22-17/h2-3,8,26H,4-7H2,1H3,(H,21,22,27). The zero-order valence-corrected chi connectivity index (χ0v) is 16.3. The van der Waals surface area contributed by atoms with Crippen LogP contribution in [0, 0.1) is 11.3 Å². The van der Waals surface area contributed by atoms with Gasteiger partial charge in [-0.25, -0.2) is 4.98 Å². The normalized spacial score (nSPS) is 11.0. The number of aromatic amines is 1. The van der Waals surface area contributed by atoms with E-state index < -0.39 is 5.56 Å². The summed E-state index contributed by atoms with van der Waals surface area (Å²) in [6, 6.07) is 6.96. The summed E-state index contributed by atoms with van der Waals surface area (Å²) in [6.45, 7) is 0.546. The molecule has 3 aromatic rings. The molecule has 0 amide bonds. The van der Waals surface area contributed by atoms with Gasteiger partial charge in [0, 0.05) is 12.7 Å². The lowest BCUT2D eigenvalue weighted by Gasteiger charge is -2.18. The van der Waals surface area contributed by atoms with E-state index in [0.29, 0.717) is 15.7 Å². The van der Waals surface area contributed by atoms with Gasteiger partial charge < -0.3 is 14.7 Å². The first-order valence-corrected chi connectivity index (χ1v) is 9.00. The Labute approximate surface area is 169 Å². The van der Waals surface area contributed by atoms with Gasteiger partial charge in [0.2, 0.25) is 5.95 Å². The fraction of sp³-hybridized carbons (Fsp3) is 0.294. The average molecular weight is 423 g/mol. The minimum atomic E-state index is -0.442. The number of H-pyrrole nitrogens is 1. The van der Waals surface area contributed by atoms with E-state index in [-0.39, 0.29) is 49.0 Å². The Balaban J connectivity index is 2.01. The van der Waals surface area contributed by atoms with Crippen LogP contribution in [-0.2, 0) is 11.3 Å². The van der Waals surface area contributed by atoms with E-state index in [4.69, 9.17) is 33.0 Å². The molecule has 1 aromatic carbocycles. The highest BCUT2D eigenvalue weighted by atomic mass is 35.5. The van der Waals surface area contributed by atoms with Crippen LogP contribution in [0.4, 0.5) is 11.6 Å². The first-order chi connectivity index (χ1) is 13.5. The molecule has 2 heterocycles. The predicted molar refractivity (Wildman–Crippen MR) is 105 cm³/mol. The van der Waals surface area contributed by atoms with Crippen molar-refractivity contribution in [2.75, 3.05) is 31.8 Å². The molecule has 0 saturated heterocycles. The van der Waals surface area contributed by atoms with Crippen molar-refractivity contribution < 1.29 is 9.84 Å². The number of aliphatic hydroxyl groups is 1. The number of nitriles is 1. The number of rotatable bonds is 7. The number of nitrogens with one attached hydrogen (secondary N) is 1. The maximum atomic E-state index is 12.7. The summed E-state index contributed by atoms with van der Waals surface area (Å²) in [7, 11) is 1.70. The summed E-state index contributed by atoms with van der Waals surface area (Å²) in [5.74, 6) is 0.225. The Morgan fingerprint density at radius 2 is 2.14 bits per heavy atom. The summed E-state index contributed by atoms with van der Waals surface area (Å²) in [5.41, 5.74) is 0.612. The Morgan fingerprint density at radius 1 is 1.36 bits per heavy atom. The van der Waals surface area contributed by atoms with Crippen molar-refractivity contribution in [1.82, 2.24) is 19.7 Å². The Hall–Kier alpha value is -2.64. The largest absolute Gasteiger partial charge is 0.394 e. The number of aliphatic hydroxyl groups excluding tert-OH is 1. The molecule has 0 fully saturated rings. The summed E-state index contributed by atoms with van der Waals surface area (Å²) < 4.78 is 6.58. The quantitative estimate of drug-likeness (QED) is 0.559. The molecule has 0 aliphatic carbocycles. The van der Waals surface area contributed by atoms with Gasteiger partial charge in [0.05, 0.1) is 36.4 Å². The monoisotopic (exact) mass is 422 g/mol. The molecule has 2 aromatic heterocycles. The summed E-state index contributed by atoms with van der Waals surface area (Å²) in [4.78, 5) is 21.4. The van der Waals surface area contributed by atoms with E-state index in [1.807, 2.05) is 6.07 Å². The molecule has 28 heavy (non-hydrogen) atoms. The minimum Gasteiger partial charge on any atom is -0.394 e. The third-order valence-electron chi connectivity index (χ3n) is 3.98. The lowest BCUT2D eigenvalue weighted by atomic mass is 10.3. The van der Waals surface area contributed by atoms with Crippen LogP contribution < -0.4 is 10.5 Å². The third-order valence-corrected chi connectivity index (χ3v) is 4.72. The van der Waals surface area contributed by atoms with Gasteiger partial charge in [-0.2, -0.15) is 10.4 Å². The van der Waals surface area contributed by atoms with Gasteiger partial charge in [0.1, 0.15) is 11.6 Å². The van der Waals surface area contributed by atoms with Crippen molar-refractivity contribution in [3.63, 3.8) is 0 Å². The van der Waals surface area contributed by atoms with Gasteiger partial charge in [-0.1, -0.05) is 23.2 Å². The third kappa shape index (κ3) is 3.95. The van der Waals surface area contributed by atoms with Crippen LogP contribution in [0.3, 0.4) is 0 Å². The SMILES string of the molecule is CN(c1ccc(Cl)c(Cl)c1)c1nc2c(C#N)nn(CCOCCO)c2c(=O)[nH]1. The Morgan fingerprint density at radius 3 is 2.82 bits per heavy atom. The molecule has 0 bridgehead atoms. The number of nitrogens with zero attached hydrogens (tertiary/aromatic N) is 5. The second kappa shape index (κ2) is 8.58. The molecule has 0 aliphatic heterocycles. The fourth-order valence-corrected chi connectivity index (χ4v) is 2.90. The van der Waals surface area contributed by atoms with Crippen molar-refractivity contribution in [3.05, 3.63) is 44.3 Å². The summed E-state index contributed by atoms with van der Waals surface area (Å²) in [6.07, 6.45) is 0. The molecule has 0 aliphatic rings. The highest BCUT2D eigenvalue weighted by molar-refractivity contribution is 6.42. The summed E-state index contributed by atoms with van der Waals surface area (Å²) in [5, 5.41) is 23.0. The van der Waals surface area contributed by atoms with E-state index in [0.717, 1.165) is 0 Å². The molecule has 3 rings (SSSR count). The molecule has 146 valence electrons. The zero-order valence-electron chi connectivity index (χ0n) is 14.8. The van der Waals surface area contributed by atoms with E-state index >= 15 is 0 Å². The van der Waals surface area contributed by atoms with Crippen LogP contribution in [0.1, 0.15) is 5.69 Å². The number of benzene rings is 1. The van der Waals surface area contributed by atoms with Gasteiger partial charge in [-0.15, -0.1) is 0 Å². The lowest BCUT2D eigenvalue weighted by molar-refractivity contribution is 0.0859. The highest BCUT2D eigenvalue weighted by Crippen LogP contribution is 2.29. The maximum absolute atomic E-state index is 12.7. The van der Waals surface area contributed by atoms with E-state index in [1.54, 1.807) is 30.1 Å². The molecule has 0 saturated carbocycles. The van der Waals surface area contributed by atoms with Crippen molar-refractivity contribution in [3.8, 4) is 6.07 Å². The van der Waals surface area contributed by atoms with Crippen molar-refractivity contribution in [2.24, 2.45) is 0 Å². The van der Waals surface area contributed by atoms with Gasteiger partial charge in [-0.3, -0.25) is 14.5 Å².